The lowest BCUT2D eigenvalue weighted by Crippen LogP contribution is -2.32. The number of rotatable bonds is 5. The Morgan fingerprint density at radius 3 is 2.68 bits per heavy atom. The molecule has 4 rings (SSSR count). The van der Waals surface area contributed by atoms with Crippen LogP contribution < -0.4 is 5.32 Å². The number of amides is 1. The maximum atomic E-state index is 12.6. The number of hydrogen-bond acceptors (Lipinski definition) is 6. The standard InChI is InChI=1S/C21H22N6O/c1-2-15-13-19(26-20(25-15)17-7-3-5-10-22-17)24-16-9-12-27(14-16)21(28)18-8-4-6-11-23-18/h3-8,10-11,13,16H,2,9,12,14H2,1H3,(H,24,25,26). The van der Waals surface area contributed by atoms with Gasteiger partial charge in [-0.2, -0.15) is 0 Å². The third-order valence-corrected chi connectivity index (χ3v) is 4.75. The van der Waals surface area contributed by atoms with Crippen LogP contribution in [0.15, 0.2) is 54.9 Å². The highest BCUT2D eigenvalue weighted by molar-refractivity contribution is 5.92. The molecule has 0 saturated carbocycles. The van der Waals surface area contributed by atoms with E-state index in [0.29, 0.717) is 24.6 Å². The monoisotopic (exact) mass is 374 g/mol. The van der Waals surface area contributed by atoms with Crippen LogP contribution in [0.3, 0.4) is 0 Å². The maximum absolute atomic E-state index is 12.6. The van der Waals surface area contributed by atoms with Gasteiger partial charge in [0.25, 0.3) is 5.91 Å². The van der Waals surface area contributed by atoms with Crippen molar-refractivity contribution in [2.75, 3.05) is 18.4 Å². The molecule has 142 valence electrons. The Bertz CT molecular complexity index is 948. The number of aryl methyl sites for hydroxylation is 1. The largest absolute Gasteiger partial charge is 0.365 e. The number of carbonyl (C=O) groups excluding carboxylic acids is 1. The quantitative estimate of drug-likeness (QED) is 0.739. The van der Waals surface area contributed by atoms with Crippen molar-refractivity contribution in [1.29, 1.82) is 0 Å². The molecule has 3 aromatic rings. The fourth-order valence-corrected chi connectivity index (χ4v) is 3.29. The summed E-state index contributed by atoms with van der Waals surface area (Å²) in [5, 5.41) is 3.47. The van der Waals surface area contributed by atoms with E-state index in [9.17, 15) is 4.79 Å². The smallest absolute Gasteiger partial charge is 0.272 e. The van der Waals surface area contributed by atoms with Crippen LogP contribution in [0.4, 0.5) is 5.82 Å². The molecule has 1 aliphatic rings. The van der Waals surface area contributed by atoms with Crippen LogP contribution in [0.5, 0.6) is 0 Å². The molecule has 0 bridgehead atoms. The molecule has 0 aromatic carbocycles. The molecule has 0 aliphatic carbocycles. The summed E-state index contributed by atoms with van der Waals surface area (Å²) in [5.41, 5.74) is 2.19. The number of anilines is 1. The first kappa shape index (κ1) is 18.0. The number of pyridine rings is 2. The van der Waals surface area contributed by atoms with E-state index < -0.39 is 0 Å². The van der Waals surface area contributed by atoms with Crippen LogP contribution in [0.25, 0.3) is 11.5 Å². The Hall–Kier alpha value is -3.35. The van der Waals surface area contributed by atoms with Crippen LogP contribution >= 0.6 is 0 Å². The Morgan fingerprint density at radius 2 is 1.96 bits per heavy atom. The number of likely N-dealkylation sites (tertiary alicyclic amines) is 1. The number of hydrogen-bond donors (Lipinski definition) is 1. The molecule has 7 heteroatoms. The van der Waals surface area contributed by atoms with E-state index in [-0.39, 0.29) is 11.9 Å². The van der Waals surface area contributed by atoms with E-state index in [2.05, 4.69) is 32.2 Å². The molecule has 1 N–H and O–H groups in total. The first-order valence-electron chi connectivity index (χ1n) is 9.49. The molecule has 3 aromatic heterocycles. The zero-order valence-electron chi connectivity index (χ0n) is 15.7. The van der Waals surface area contributed by atoms with Crippen molar-refractivity contribution in [2.24, 2.45) is 0 Å². The van der Waals surface area contributed by atoms with Gasteiger partial charge >= 0.3 is 0 Å². The summed E-state index contributed by atoms with van der Waals surface area (Å²) in [4.78, 5) is 32.2. The number of aromatic nitrogens is 4. The van der Waals surface area contributed by atoms with Gasteiger partial charge in [-0.25, -0.2) is 9.97 Å². The van der Waals surface area contributed by atoms with Gasteiger partial charge in [-0.15, -0.1) is 0 Å². The Balaban J connectivity index is 1.48. The number of carbonyl (C=O) groups is 1. The third kappa shape index (κ3) is 3.98. The minimum atomic E-state index is -0.0315. The fraction of sp³-hybridized carbons (Fsp3) is 0.286. The number of nitrogens with zero attached hydrogens (tertiary/aromatic N) is 5. The molecule has 1 saturated heterocycles. The second-order valence-electron chi connectivity index (χ2n) is 6.73. The summed E-state index contributed by atoms with van der Waals surface area (Å²) in [6.45, 7) is 3.39. The van der Waals surface area contributed by atoms with E-state index in [1.54, 1.807) is 18.5 Å². The fourth-order valence-electron chi connectivity index (χ4n) is 3.29. The molecular weight excluding hydrogens is 352 g/mol. The maximum Gasteiger partial charge on any atom is 0.272 e. The summed E-state index contributed by atoms with van der Waals surface area (Å²) in [5.74, 6) is 1.35. The van der Waals surface area contributed by atoms with Crippen LogP contribution in [0, 0.1) is 0 Å². The average molecular weight is 374 g/mol. The summed E-state index contributed by atoms with van der Waals surface area (Å²) < 4.78 is 0. The molecule has 0 spiro atoms. The minimum Gasteiger partial charge on any atom is -0.365 e. The average Bonchev–Trinajstić information content (AvgIpc) is 3.22. The molecule has 1 atom stereocenters. The van der Waals surface area contributed by atoms with Crippen molar-refractivity contribution < 1.29 is 4.79 Å². The molecule has 7 nitrogen and oxygen atoms in total. The molecule has 1 amide bonds. The van der Waals surface area contributed by atoms with Gasteiger partial charge in [0.15, 0.2) is 5.82 Å². The number of nitrogens with one attached hydrogen (secondary N) is 1. The molecule has 1 aliphatic heterocycles. The van der Waals surface area contributed by atoms with Crippen LogP contribution in [0.2, 0.25) is 0 Å². The van der Waals surface area contributed by atoms with Crippen LogP contribution in [-0.4, -0.2) is 49.9 Å². The van der Waals surface area contributed by atoms with Crippen molar-refractivity contribution in [3.05, 3.63) is 66.2 Å². The lowest BCUT2D eigenvalue weighted by molar-refractivity contribution is 0.0786. The predicted molar refractivity (Wildman–Crippen MR) is 107 cm³/mol. The van der Waals surface area contributed by atoms with Gasteiger partial charge in [0.1, 0.15) is 17.2 Å². The van der Waals surface area contributed by atoms with Gasteiger partial charge in [-0.05, 0) is 37.1 Å². The van der Waals surface area contributed by atoms with Crippen molar-refractivity contribution in [3.8, 4) is 11.5 Å². The summed E-state index contributed by atoms with van der Waals surface area (Å²) in [7, 11) is 0. The first-order valence-corrected chi connectivity index (χ1v) is 9.49. The predicted octanol–water partition coefficient (Wildman–Crippen LogP) is 2.82. The van der Waals surface area contributed by atoms with Crippen LogP contribution in [-0.2, 0) is 6.42 Å². The zero-order chi connectivity index (χ0) is 19.3. The van der Waals surface area contributed by atoms with Gasteiger partial charge in [0.05, 0.1) is 0 Å². The van der Waals surface area contributed by atoms with E-state index in [1.165, 1.54) is 0 Å². The van der Waals surface area contributed by atoms with E-state index >= 15 is 0 Å². The molecule has 1 unspecified atom stereocenters. The Kier molecular flexibility index (Phi) is 5.23. The van der Waals surface area contributed by atoms with Crippen molar-refractivity contribution in [1.82, 2.24) is 24.8 Å². The molecule has 28 heavy (non-hydrogen) atoms. The normalized spacial score (nSPS) is 16.2. The molecule has 4 heterocycles. The van der Waals surface area contributed by atoms with Crippen molar-refractivity contribution in [2.45, 2.75) is 25.8 Å². The highest BCUT2D eigenvalue weighted by Gasteiger charge is 2.27. The topological polar surface area (TPSA) is 83.9 Å². The Labute approximate surface area is 163 Å². The molecule has 1 fully saturated rings. The van der Waals surface area contributed by atoms with Gasteiger partial charge in [0.2, 0.25) is 0 Å². The zero-order valence-corrected chi connectivity index (χ0v) is 15.7. The molecular formula is C21H22N6O. The van der Waals surface area contributed by atoms with Gasteiger partial charge in [-0.3, -0.25) is 14.8 Å². The molecule has 0 radical (unpaired) electrons. The lowest BCUT2D eigenvalue weighted by Gasteiger charge is -2.17. The Morgan fingerprint density at radius 1 is 1.14 bits per heavy atom. The highest BCUT2D eigenvalue weighted by atomic mass is 16.2. The van der Waals surface area contributed by atoms with Crippen LogP contribution in [0.1, 0.15) is 29.5 Å². The highest BCUT2D eigenvalue weighted by Crippen LogP contribution is 2.20. The van der Waals surface area contributed by atoms with Gasteiger partial charge < -0.3 is 10.2 Å². The van der Waals surface area contributed by atoms with Crippen molar-refractivity contribution >= 4 is 11.7 Å². The van der Waals surface area contributed by atoms with E-state index in [0.717, 1.165) is 30.0 Å². The second kappa shape index (κ2) is 8.12. The first-order chi connectivity index (χ1) is 13.7. The lowest BCUT2D eigenvalue weighted by atomic mass is 10.2. The SMILES string of the molecule is CCc1cc(NC2CCN(C(=O)c3ccccn3)C2)nc(-c2ccccn2)n1. The summed E-state index contributed by atoms with van der Waals surface area (Å²) in [6, 6.07) is 13.2. The van der Waals surface area contributed by atoms with E-state index in [4.69, 9.17) is 0 Å². The third-order valence-electron chi connectivity index (χ3n) is 4.75. The summed E-state index contributed by atoms with van der Waals surface area (Å²) >= 11 is 0. The minimum absolute atomic E-state index is 0.0315. The summed E-state index contributed by atoms with van der Waals surface area (Å²) in [6.07, 6.45) is 5.06. The van der Waals surface area contributed by atoms with Gasteiger partial charge in [0, 0.05) is 43.3 Å². The van der Waals surface area contributed by atoms with E-state index in [1.807, 2.05) is 41.3 Å². The second-order valence-corrected chi connectivity index (χ2v) is 6.73. The van der Waals surface area contributed by atoms with Gasteiger partial charge in [-0.1, -0.05) is 19.1 Å². The van der Waals surface area contributed by atoms with Crippen molar-refractivity contribution in [3.63, 3.8) is 0 Å².